The van der Waals surface area contributed by atoms with Gasteiger partial charge in [0.05, 0.1) is 0 Å². The van der Waals surface area contributed by atoms with Crippen molar-refractivity contribution in [1.82, 2.24) is 4.98 Å². The highest BCUT2D eigenvalue weighted by molar-refractivity contribution is 6.06. The molecule has 5 heteroatoms. The lowest BCUT2D eigenvalue weighted by molar-refractivity contribution is 0.0988. The summed E-state index contributed by atoms with van der Waals surface area (Å²) in [4.78, 5) is 18.6. The number of rotatable bonds is 4. The van der Waals surface area contributed by atoms with Gasteiger partial charge in [-0.05, 0) is 45.0 Å². The van der Waals surface area contributed by atoms with Crippen molar-refractivity contribution < 1.29 is 4.79 Å². The molecule has 0 fully saturated rings. The van der Waals surface area contributed by atoms with E-state index in [0.717, 1.165) is 16.9 Å². The number of pyridine rings is 1. The zero-order chi connectivity index (χ0) is 15.4. The Labute approximate surface area is 124 Å². The normalized spacial score (nSPS) is 10.3. The standard InChI is InChI=1S/C16H20N4O/c1-4-20(14-7-5-11(2)6-8-14)16(21)13-9-12(3)18-15(10-13)19-17/h5-10H,4,17H2,1-3H3,(H,18,19). The Balaban J connectivity index is 2.36. The highest BCUT2D eigenvalue weighted by atomic mass is 16.2. The molecule has 0 unspecified atom stereocenters. The van der Waals surface area contributed by atoms with Crippen molar-refractivity contribution in [2.24, 2.45) is 5.84 Å². The number of benzene rings is 1. The number of nitrogens with two attached hydrogens (primary N) is 1. The molecule has 0 aliphatic rings. The molecule has 0 aliphatic carbocycles. The number of carbonyl (C=O) groups is 1. The average Bonchev–Trinajstić information content (AvgIpc) is 2.49. The van der Waals surface area contributed by atoms with Crippen LogP contribution in [0.4, 0.5) is 11.5 Å². The second-order valence-corrected chi connectivity index (χ2v) is 4.91. The van der Waals surface area contributed by atoms with E-state index in [-0.39, 0.29) is 5.91 Å². The van der Waals surface area contributed by atoms with Crippen molar-refractivity contribution in [2.45, 2.75) is 20.8 Å². The molecule has 2 aromatic rings. The molecule has 0 spiro atoms. The third-order valence-electron chi connectivity index (χ3n) is 3.26. The fourth-order valence-corrected chi connectivity index (χ4v) is 2.19. The van der Waals surface area contributed by atoms with Crippen LogP contribution < -0.4 is 16.2 Å². The molecule has 0 bridgehead atoms. The van der Waals surface area contributed by atoms with Crippen LogP contribution in [0.1, 0.15) is 28.5 Å². The number of aryl methyl sites for hydroxylation is 2. The number of nitrogens with zero attached hydrogens (tertiary/aromatic N) is 2. The number of nitrogen functional groups attached to an aromatic ring is 1. The molecule has 0 radical (unpaired) electrons. The Morgan fingerprint density at radius 3 is 2.48 bits per heavy atom. The van der Waals surface area contributed by atoms with E-state index in [4.69, 9.17) is 5.84 Å². The summed E-state index contributed by atoms with van der Waals surface area (Å²) in [5.41, 5.74) is 5.84. The predicted octanol–water partition coefficient (Wildman–Crippen LogP) is 2.65. The van der Waals surface area contributed by atoms with E-state index in [1.54, 1.807) is 17.0 Å². The zero-order valence-electron chi connectivity index (χ0n) is 12.6. The lowest BCUT2D eigenvalue weighted by Gasteiger charge is -2.21. The van der Waals surface area contributed by atoms with Crippen LogP contribution in [0.15, 0.2) is 36.4 Å². The minimum absolute atomic E-state index is 0.0663. The molecular weight excluding hydrogens is 264 g/mol. The van der Waals surface area contributed by atoms with Gasteiger partial charge in [0.25, 0.3) is 5.91 Å². The number of carbonyl (C=O) groups excluding carboxylic acids is 1. The maximum atomic E-state index is 12.7. The van der Waals surface area contributed by atoms with E-state index in [0.29, 0.717) is 17.9 Å². The molecule has 5 nitrogen and oxygen atoms in total. The first-order valence-electron chi connectivity index (χ1n) is 6.89. The fraction of sp³-hybridized carbons (Fsp3) is 0.250. The summed E-state index contributed by atoms with van der Waals surface area (Å²) >= 11 is 0. The van der Waals surface area contributed by atoms with E-state index in [9.17, 15) is 4.79 Å². The first kappa shape index (κ1) is 15.0. The van der Waals surface area contributed by atoms with Crippen molar-refractivity contribution in [2.75, 3.05) is 16.9 Å². The molecule has 3 N–H and O–H groups in total. The van der Waals surface area contributed by atoms with E-state index >= 15 is 0 Å². The van der Waals surface area contributed by atoms with Crippen molar-refractivity contribution in [3.63, 3.8) is 0 Å². The molecule has 0 saturated heterocycles. The van der Waals surface area contributed by atoms with Crippen molar-refractivity contribution in [3.8, 4) is 0 Å². The van der Waals surface area contributed by atoms with Crippen LogP contribution in [0.3, 0.4) is 0 Å². The molecule has 1 aromatic heterocycles. The molecule has 0 aliphatic heterocycles. The zero-order valence-corrected chi connectivity index (χ0v) is 12.6. The molecule has 110 valence electrons. The summed E-state index contributed by atoms with van der Waals surface area (Å²) < 4.78 is 0. The lowest BCUT2D eigenvalue weighted by atomic mass is 10.1. The second kappa shape index (κ2) is 6.37. The van der Waals surface area contributed by atoms with E-state index in [1.165, 1.54) is 0 Å². The number of nitrogens with one attached hydrogen (secondary N) is 1. The Hall–Kier alpha value is -2.40. The van der Waals surface area contributed by atoms with Gasteiger partial charge in [0, 0.05) is 23.5 Å². The topological polar surface area (TPSA) is 71.2 Å². The Kier molecular flexibility index (Phi) is 4.55. The molecule has 0 atom stereocenters. The van der Waals surface area contributed by atoms with Crippen LogP contribution in [-0.4, -0.2) is 17.4 Å². The molecule has 2 rings (SSSR count). The highest BCUT2D eigenvalue weighted by Gasteiger charge is 2.17. The van der Waals surface area contributed by atoms with Gasteiger partial charge in [-0.15, -0.1) is 0 Å². The van der Waals surface area contributed by atoms with Gasteiger partial charge in [0.2, 0.25) is 0 Å². The van der Waals surface area contributed by atoms with Gasteiger partial charge in [-0.2, -0.15) is 0 Å². The van der Waals surface area contributed by atoms with Crippen LogP contribution in [0, 0.1) is 13.8 Å². The summed E-state index contributed by atoms with van der Waals surface area (Å²) in [6, 6.07) is 11.3. The summed E-state index contributed by atoms with van der Waals surface area (Å²) in [5.74, 6) is 5.80. The monoisotopic (exact) mass is 284 g/mol. The van der Waals surface area contributed by atoms with Crippen LogP contribution in [0.25, 0.3) is 0 Å². The average molecular weight is 284 g/mol. The maximum Gasteiger partial charge on any atom is 0.258 e. The van der Waals surface area contributed by atoms with Gasteiger partial charge in [0.15, 0.2) is 0 Å². The molecule has 21 heavy (non-hydrogen) atoms. The van der Waals surface area contributed by atoms with E-state index in [2.05, 4.69) is 10.4 Å². The minimum atomic E-state index is -0.0663. The second-order valence-electron chi connectivity index (χ2n) is 4.91. The van der Waals surface area contributed by atoms with Crippen molar-refractivity contribution >= 4 is 17.4 Å². The smallest absolute Gasteiger partial charge is 0.258 e. The number of hydrazine groups is 1. The summed E-state index contributed by atoms with van der Waals surface area (Å²) in [6.45, 7) is 6.40. The van der Waals surface area contributed by atoms with E-state index < -0.39 is 0 Å². The maximum absolute atomic E-state index is 12.7. The first-order chi connectivity index (χ1) is 10.0. The first-order valence-corrected chi connectivity index (χ1v) is 6.89. The van der Waals surface area contributed by atoms with Gasteiger partial charge in [-0.3, -0.25) is 4.79 Å². The molecule has 0 saturated carbocycles. The highest BCUT2D eigenvalue weighted by Crippen LogP contribution is 2.19. The third-order valence-corrected chi connectivity index (χ3v) is 3.26. The fourth-order valence-electron chi connectivity index (χ4n) is 2.19. The van der Waals surface area contributed by atoms with E-state index in [1.807, 2.05) is 45.0 Å². The quantitative estimate of drug-likeness (QED) is 0.669. The number of anilines is 2. The minimum Gasteiger partial charge on any atom is -0.309 e. The largest absolute Gasteiger partial charge is 0.309 e. The molecule has 1 aromatic carbocycles. The van der Waals surface area contributed by atoms with Crippen LogP contribution >= 0.6 is 0 Å². The van der Waals surface area contributed by atoms with Crippen LogP contribution in [0.2, 0.25) is 0 Å². The van der Waals surface area contributed by atoms with Gasteiger partial charge < -0.3 is 10.3 Å². The van der Waals surface area contributed by atoms with Gasteiger partial charge in [-0.25, -0.2) is 10.8 Å². The van der Waals surface area contributed by atoms with Gasteiger partial charge >= 0.3 is 0 Å². The van der Waals surface area contributed by atoms with Gasteiger partial charge in [0.1, 0.15) is 5.82 Å². The Morgan fingerprint density at radius 2 is 1.90 bits per heavy atom. The molecule has 1 heterocycles. The summed E-state index contributed by atoms with van der Waals surface area (Å²) in [5, 5.41) is 0. The molecule has 1 amide bonds. The van der Waals surface area contributed by atoms with Gasteiger partial charge in [-0.1, -0.05) is 17.7 Å². The summed E-state index contributed by atoms with van der Waals surface area (Å²) in [6.07, 6.45) is 0. The molecular formula is C16H20N4O. The SMILES string of the molecule is CCN(C(=O)c1cc(C)nc(NN)c1)c1ccc(C)cc1. The number of aromatic nitrogens is 1. The number of hydrogen-bond acceptors (Lipinski definition) is 4. The number of amides is 1. The van der Waals surface area contributed by atoms with Crippen molar-refractivity contribution in [1.29, 1.82) is 0 Å². The Morgan fingerprint density at radius 1 is 1.24 bits per heavy atom. The van der Waals surface area contributed by atoms with Crippen LogP contribution in [-0.2, 0) is 0 Å². The lowest BCUT2D eigenvalue weighted by Crippen LogP contribution is -2.30. The van der Waals surface area contributed by atoms with Crippen molar-refractivity contribution in [3.05, 3.63) is 53.2 Å². The predicted molar refractivity (Wildman–Crippen MR) is 85.3 cm³/mol. The van der Waals surface area contributed by atoms with Crippen LogP contribution in [0.5, 0.6) is 0 Å². The number of hydrogen-bond donors (Lipinski definition) is 2. The summed E-state index contributed by atoms with van der Waals surface area (Å²) in [7, 11) is 0. The Bertz CT molecular complexity index is 637. The third kappa shape index (κ3) is 3.38.